The highest BCUT2D eigenvalue weighted by atomic mass is 16.5. The Bertz CT molecular complexity index is 1680. The lowest BCUT2D eigenvalue weighted by atomic mass is 9.87. The predicted molar refractivity (Wildman–Crippen MR) is 149 cm³/mol. The number of urea groups is 1. The molecule has 4 amide bonds. The minimum absolute atomic E-state index is 0.350. The predicted octanol–water partition coefficient (Wildman–Crippen LogP) is 4.69. The van der Waals surface area contributed by atoms with Crippen molar-refractivity contribution < 1.29 is 28.6 Å². The molecule has 10 heteroatoms. The second kappa shape index (κ2) is 9.33. The Morgan fingerprint density at radius 3 is 2.33 bits per heavy atom. The normalized spacial score (nSPS) is 18.0. The minimum Gasteiger partial charge on any atom is -0.497 e. The summed E-state index contributed by atoms with van der Waals surface area (Å²) >= 11 is 0. The number of anilines is 2. The second-order valence-electron chi connectivity index (χ2n) is 9.85. The van der Waals surface area contributed by atoms with Crippen LogP contribution < -0.4 is 24.4 Å². The molecule has 2 aliphatic heterocycles. The van der Waals surface area contributed by atoms with E-state index in [1.165, 1.54) is 19.1 Å². The zero-order valence-electron chi connectivity index (χ0n) is 22.5. The summed E-state index contributed by atoms with van der Waals surface area (Å²) in [6, 6.07) is 16.8. The van der Waals surface area contributed by atoms with Crippen LogP contribution in [-0.4, -0.2) is 55.6 Å². The van der Waals surface area contributed by atoms with Gasteiger partial charge in [-0.25, -0.2) is 9.69 Å². The van der Waals surface area contributed by atoms with Gasteiger partial charge in [0.25, 0.3) is 11.8 Å². The summed E-state index contributed by atoms with van der Waals surface area (Å²) in [5.74, 6) is 1.06. The van der Waals surface area contributed by atoms with Crippen molar-refractivity contribution in [3.63, 3.8) is 0 Å². The average molecular weight is 541 g/mol. The third-order valence-electron chi connectivity index (χ3n) is 7.81. The molecular weight excluding hydrogens is 512 g/mol. The lowest BCUT2D eigenvalue weighted by Gasteiger charge is -2.35. The first-order valence-electron chi connectivity index (χ1n) is 12.8. The van der Waals surface area contributed by atoms with Gasteiger partial charge in [-0.3, -0.25) is 9.59 Å². The van der Waals surface area contributed by atoms with E-state index in [-0.39, 0.29) is 11.8 Å². The van der Waals surface area contributed by atoms with Crippen LogP contribution in [-0.2, 0) is 16.8 Å². The number of fused-ring (bicyclic) bond motifs is 5. The number of hydrogen-bond donors (Lipinski definition) is 2. The van der Waals surface area contributed by atoms with E-state index in [0.29, 0.717) is 47.1 Å². The van der Waals surface area contributed by atoms with E-state index in [2.05, 4.69) is 10.3 Å². The minimum atomic E-state index is -1.18. The second-order valence-corrected chi connectivity index (χ2v) is 9.85. The van der Waals surface area contributed by atoms with Crippen LogP contribution in [0.4, 0.5) is 16.2 Å². The molecule has 4 aromatic rings. The van der Waals surface area contributed by atoms with Gasteiger partial charge >= 0.3 is 6.03 Å². The summed E-state index contributed by atoms with van der Waals surface area (Å²) in [7, 11) is 4.67. The number of carbonyl (C=O) groups is 3. The van der Waals surface area contributed by atoms with Gasteiger partial charge in [-0.2, -0.15) is 0 Å². The molecule has 40 heavy (non-hydrogen) atoms. The number of imide groups is 1. The van der Waals surface area contributed by atoms with Crippen molar-refractivity contribution in [1.29, 1.82) is 0 Å². The van der Waals surface area contributed by atoms with Gasteiger partial charge < -0.3 is 29.4 Å². The molecule has 1 fully saturated rings. The van der Waals surface area contributed by atoms with Crippen LogP contribution in [0, 0.1) is 0 Å². The average Bonchev–Trinajstić information content (AvgIpc) is 3.45. The maximum Gasteiger partial charge on any atom is 0.332 e. The molecule has 0 spiro atoms. The van der Waals surface area contributed by atoms with Gasteiger partial charge in [0.15, 0.2) is 5.54 Å². The molecule has 1 unspecified atom stereocenters. The summed E-state index contributed by atoms with van der Waals surface area (Å²) in [5.41, 5.74) is 2.62. The molecule has 10 nitrogen and oxygen atoms in total. The number of nitrogens with one attached hydrogen (secondary N) is 2. The maximum absolute atomic E-state index is 13.9. The van der Waals surface area contributed by atoms with Crippen molar-refractivity contribution in [3.05, 3.63) is 77.5 Å². The molecule has 0 bridgehead atoms. The number of benzene rings is 3. The highest BCUT2D eigenvalue weighted by Gasteiger charge is 2.59. The van der Waals surface area contributed by atoms with Crippen LogP contribution in [0.5, 0.6) is 17.2 Å². The van der Waals surface area contributed by atoms with Gasteiger partial charge in [-0.05, 0) is 73.5 Å². The molecule has 0 radical (unpaired) electrons. The molecule has 0 saturated carbocycles. The fourth-order valence-electron chi connectivity index (χ4n) is 5.64. The third-order valence-corrected chi connectivity index (χ3v) is 7.81. The van der Waals surface area contributed by atoms with E-state index in [9.17, 15) is 14.4 Å². The maximum atomic E-state index is 13.9. The van der Waals surface area contributed by atoms with E-state index in [4.69, 9.17) is 14.2 Å². The molecule has 1 aromatic heterocycles. The van der Waals surface area contributed by atoms with E-state index < -0.39 is 11.6 Å². The van der Waals surface area contributed by atoms with Crippen LogP contribution in [0.25, 0.3) is 10.9 Å². The summed E-state index contributed by atoms with van der Waals surface area (Å²) in [6.45, 7) is 2.18. The Hall–Kier alpha value is -4.99. The number of ether oxygens (including phenoxy) is 3. The molecule has 204 valence electrons. The van der Waals surface area contributed by atoms with Crippen LogP contribution in [0.2, 0.25) is 0 Å². The Morgan fingerprint density at radius 1 is 0.925 bits per heavy atom. The van der Waals surface area contributed by atoms with Gasteiger partial charge in [0.1, 0.15) is 17.2 Å². The monoisotopic (exact) mass is 540 g/mol. The number of aromatic nitrogens is 1. The topological polar surface area (TPSA) is 113 Å². The molecule has 1 saturated heterocycles. The van der Waals surface area contributed by atoms with E-state index in [1.54, 1.807) is 61.4 Å². The van der Waals surface area contributed by atoms with Crippen molar-refractivity contribution in [2.24, 2.45) is 0 Å². The molecule has 3 aromatic carbocycles. The van der Waals surface area contributed by atoms with Crippen molar-refractivity contribution in [3.8, 4) is 17.2 Å². The van der Waals surface area contributed by atoms with Gasteiger partial charge in [-0.1, -0.05) is 0 Å². The molecular formula is C30H28N4O6. The number of amides is 4. The summed E-state index contributed by atoms with van der Waals surface area (Å²) in [5, 5.41) is 3.81. The summed E-state index contributed by atoms with van der Waals surface area (Å²) in [4.78, 5) is 46.7. The number of aromatic amines is 1. The highest BCUT2D eigenvalue weighted by molar-refractivity contribution is 6.23. The SMILES string of the molecule is COc1ccc(OC)c(NC(=O)c2ccc(N3C(=O)N4CCc5c([nH]c6ccc(OC)cc56)C4(C)C3=O)cc2)c1. The lowest BCUT2D eigenvalue weighted by molar-refractivity contribution is -0.125. The first-order chi connectivity index (χ1) is 19.3. The van der Waals surface area contributed by atoms with Gasteiger partial charge in [0.2, 0.25) is 0 Å². The van der Waals surface area contributed by atoms with Crippen molar-refractivity contribution in [2.45, 2.75) is 18.9 Å². The number of methoxy groups -OCH3 is 3. The number of nitrogens with zero attached hydrogens (tertiary/aromatic N) is 2. The molecule has 2 N–H and O–H groups in total. The largest absolute Gasteiger partial charge is 0.497 e. The van der Waals surface area contributed by atoms with Gasteiger partial charge in [0.05, 0.1) is 38.4 Å². The fraction of sp³-hybridized carbons (Fsp3) is 0.233. The number of carbonyl (C=O) groups excluding carboxylic acids is 3. The first kappa shape index (κ1) is 25.3. The van der Waals surface area contributed by atoms with Crippen molar-refractivity contribution >= 4 is 40.1 Å². The van der Waals surface area contributed by atoms with Crippen LogP contribution >= 0.6 is 0 Å². The highest BCUT2D eigenvalue weighted by Crippen LogP contribution is 2.45. The van der Waals surface area contributed by atoms with Crippen molar-refractivity contribution in [1.82, 2.24) is 9.88 Å². The third kappa shape index (κ3) is 3.67. The summed E-state index contributed by atoms with van der Waals surface area (Å²) < 4.78 is 16.0. The smallest absolute Gasteiger partial charge is 0.332 e. The number of H-pyrrole nitrogens is 1. The molecule has 6 rings (SSSR count). The zero-order chi connectivity index (χ0) is 28.2. The van der Waals surface area contributed by atoms with Crippen molar-refractivity contribution in [2.75, 3.05) is 38.1 Å². The van der Waals surface area contributed by atoms with Crippen LogP contribution in [0.15, 0.2) is 60.7 Å². The Kier molecular flexibility index (Phi) is 5.90. The fourth-order valence-corrected chi connectivity index (χ4v) is 5.64. The number of rotatable bonds is 6. The van der Waals surface area contributed by atoms with Crippen LogP contribution in [0.1, 0.15) is 28.5 Å². The summed E-state index contributed by atoms with van der Waals surface area (Å²) in [6.07, 6.45) is 0.609. The molecule has 0 aliphatic carbocycles. The van der Waals surface area contributed by atoms with Gasteiger partial charge in [0, 0.05) is 29.1 Å². The van der Waals surface area contributed by atoms with E-state index >= 15 is 0 Å². The number of hydrogen-bond acceptors (Lipinski definition) is 6. The molecule has 1 atom stereocenters. The zero-order valence-corrected chi connectivity index (χ0v) is 22.5. The van der Waals surface area contributed by atoms with E-state index in [1.807, 2.05) is 18.2 Å². The Balaban J connectivity index is 1.29. The molecule has 2 aliphatic rings. The standard InChI is InChI=1S/C30H28N4O6/c1-30-26-21(22-15-19(38-2)9-11-23(22)31-26)13-14-33(30)29(37)34(28(30)36)18-7-5-17(6-8-18)27(35)32-24-16-20(39-3)10-12-25(24)40-4/h5-12,15-16,31H,13-14H2,1-4H3,(H,32,35). The first-order valence-corrected chi connectivity index (χ1v) is 12.8. The Labute approximate surface area is 230 Å². The van der Waals surface area contributed by atoms with Crippen LogP contribution in [0.3, 0.4) is 0 Å². The van der Waals surface area contributed by atoms with E-state index in [0.717, 1.165) is 22.2 Å². The quantitative estimate of drug-likeness (QED) is 0.343. The molecule has 3 heterocycles. The lowest BCUT2D eigenvalue weighted by Crippen LogP contribution is -2.49. The Morgan fingerprint density at radius 2 is 1.62 bits per heavy atom. The van der Waals surface area contributed by atoms with Gasteiger partial charge in [-0.15, -0.1) is 0 Å².